The van der Waals surface area contributed by atoms with Crippen molar-refractivity contribution in [2.24, 2.45) is 5.92 Å². The Bertz CT molecular complexity index is 74.2. The Morgan fingerprint density at radius 3 is 2.25 bits per heavy atom. The lowest BCUT2D eigenvalue weighted by molar-refractivity contribution is -0.00000264. The van der Waals surface area contributed by atoms with E-state index in [-0.39, 0.29) is 24.0 Å². The van der Waals surface area contributed by atoms with Gasteiger partial charge in [-0.1, -0.05) is 27.2 Å². The quantitative estimate of drug-likeness (QED) is 0.368. The van der Waals surface area contributed by atoms with E-state index < -0.39 is 0 Å². The van der Waals surface area contributed by atoms with E-state index in [1.807, 2.05) is 0 Å². The maximum Gasteiger partial charge on any atom is 0.0549 e. The average molecular weight is 302 g/mol. The van der Waals surface area contributed by atoms with Gasteiger partial charge in [0.1, 0.15) is 0 Å². The third kappa shape index (κ3) is 13.7. The van der Waals surface area contributed by atoms with Crippen molar-refractivity contribution in [2.75, 3.05) is 12.3 Å². The molecule has 1 atom stereocenters. The molecular formula is C10H24IP. The third-order valence-corrected chi connectivity index (χ3v) is 3.73. The zero-order chi connectivity index (χ0) is 8.53. The zero-order valence-corrected chi connectivity index (χ0v) is 12.1. The van der Waals surface area contributed by atoms with Gasteiger partial charge >= 0.3 is 0 Å². The van der Waals surface area contributed by atoms with Crippen LogP contribution in [0.25, 0.3) is 0 Å². The molecule has 0 N–H and O–H groups in total. The molecule has 76 valence electrons. The van der Waals surface area contributed by atoms with Crippen LogP contribution >= 0.6 is 8.58 Å². The molecule has 0 bridgehead atoms. The van der Waals surface area contributed by atoms with Crippen LogP contribution in [-0.4, -0.2) is 12.3 Å². The van der Waals surface area contributed by atoms with E-state index in [2.05, 4.69) is 20.8 Å². The molecule has 0 heterocycles. The molecule has 0 fully saturated rings. The van der Waals surface area contributed by atoms with Crippen molar-refractivity contribution < 1.29 is 24.0 Å². The van der Waals surface area contributed by atoms with E-state index >= 15 is 0 Å². The van der Waals surface area contributed by atoms with Crippen molar-refractivity contribution in [1.29, 1.82) is 0 Å². The average Bonchev–Trinajstić information content (AvgIpc) is 1.96. The molecule has 0 aromatic carbocycles. The molecule has 0 aliphatic rings. The monoisotopic (exact) mass is 302 g/mol. The summed E-state index contributed by atoms with van der Waals surface area (Å²) < 4.78 is 0. The Morgan fingerprint density at radius 2 is 1.75 bits per heavy atom. The van der Waals surface area contributed by atoms with Gasteiger partial charge in [-0.3, -0.25) is 0 Å². The Morgan fingerprint density at radius 1 is 1.08 bits per heavy atom. The van der Waals surface area contributed by atoms with Crippen LogP contribution in [0.3, 0.4) is 0 Å². The molecule has 0 aromatic rings. The molecule has 0 saturated carbocycles. The van der Waals surface area contributed by atoms with Crippen molar-refractivity contribution >= 4 is 8.58 Å². The highest BCUT2D eigenvalue weighted by molar-refractivity contribution is 7.37. The molecule has 0 rings (SSSR count). The number of unbranched alkanes of at least 4 members (excludes halogenated alkanes) is 1. The summed E-state index contributed by atoms with van der Waals surface area (Å²) in [5.74, 6) is 0.913. The van der Waals surface area contributed by atoms with E-state index in [4.69, 9.17) is 0 Å². The molecule has 0 radical (unpaired) electrons. The van der Waals surface area contributed by atoms with Gasteiger partial charge in [0.05, 0.1) is 12.3 Å². The van der Waals surface area contributed by atoms with Gasteiger partial charge in [-0.05, 0) is 33.8 Å². The van der Waals surface area contributed by atoms with Crippen LogP contribution in [0, 0.1) is 5.92 Å². The van der Waals surface area contributed by atoms with Gasteiger partial charge in [-0.15, -0.1) is 0 Å². The summed E-state index contributed by atoms with van der Waals surface area (Å²) in [4.78, 5) is 0. The maximum atomic E-state index is 2.32. The van der Waals surface area contributed by atoms with E-state index in [0.29, 0.717) is 0 Å². The van der Waals surface area contributed by atoms with Crippen LogP contribution in [0.4, 0.5) is 0 Å². The lowest BCUT2D eigenvalue weighted by Crippen LogP contribution is -3.00. The fraction of sp³-hybridized carbons (Fsp3) is 1.00. The van der Waals surface area contributed by atoms with Crippen LogP contribution in [0.5, 0.6) is 0 Å². The SMILES string of the molecule is CCC[PH2+]CCCCC(C)C.[I-]. The predicted molar refractivity (Wildman–Crippen MR) is 58.4 cm³/mol. The minimum atomic E-state index is 0. The van der Waals surface area contributed by atoms with Crippen LogP contribution in [-0.2, 0) is 0 Å². The summed E-state index contributed by atoms with van der Waals surface area (Å²) in [5.41, 5.74) is 0. The van der Waals surface area contributed by atoms with Gasteiger partial charge in [-0.25, -0.2) is 0 Å². The first-order valence-corrected chi connectivity index (χ1v) is 6.72. The highest BCUT2D eigenvalue weighted by atomic mass is 127. The standard InChI is InChI=1S/C10H23P.HI/c1-4-8-11-9-6-5-7-10(2)3;/h10-11H,4-9H2,1-3H3;1H. The second-order valence-corrected chi connectivity index (χ2v) is 5.49. The largest absolute Gasteiger partial charge is 1.00 e. The topological polar surface area (TPSA) is 0 Å². The molecule has 0 amide bonds. The minimum Gasteiger partial charge on any atom is -1.00 e. The first-order valence-electron chi connectivity index (χ1n) is 5.09. The normalized spacial score (nSPS) is 11.0. The molecule has 2 heteroatoms. The molecular weight excluding hydrogens is 278 g/mol. The number of hydrogen-bond acceptors (Lipinski definition) is 0. The maximum absolute atomic E-state index is 2.32. The number of hydrogen-bond donors (Lipinski definition) is 0. The highest BCUT2D eigenvalue weighted by Gasteiger charge is 1.96. The molecule has 0 aliphatic heterocycles. The van der Waals surface area contributed by atoms with E-state index in [0.717, 1.165) is 14.5 Å². The van der Waals surface area contributed by atoms with Crippen LogP contribution in [0.15, 0.2) is 0 Å². The fourth-order valence-corrected chi connectivity index (χ4v) is 2.46. The van der Waals surface area contributed by atoms with E-state index in [9.17, 15) is 0 Å². The Balaban J connectivity index is 0. The lowest BCUT2D eigenvalue weighted by Gasteiger charge is -2.01. The van der Waals surface area contributed by atoms with Gasteiger partial charge in [-0.2, -0.15) is 0 Å². The molecule has 0 aliphatic carbocycles. The predicted octanol–water partition coefficient (Wildman–Crippen LogP) is 0.637. The van der Waals surface area contributed by atoms with E-state index in [1.165, 1.54) is 31.8 Å². The molecule has 0 spiro atoms. The summed E-state index contributed by atoms with van der Waals surface area (Å²) in [7, 11) is 0.801. The smallest absolute Gasteiger partial charge is 0.0549 e. The number of halogens is 1. The van der Waals surface area contributed by atoms with Crippen molar-refractivity contribution in [3.63, 3.8) is 0 Å². The van der Waals surface area contributed by atoms with Gasteiger partial charge in [0.15, 0.2) is 0 Å². The molecule has 0 saturated heterocycles. The zero-order valence-electron chi connectivity index (χ0n) is 8.78. The van der Waals surface area contributed by atoms with Crippen molar-refractivity contribution in [1.82, 2.24) is 0 Å². The second kappa shape index (κ2) is 12.2. The third-order valence-electron chi connectivity index (χ3n) is 1.93. The van der Waals surface area contributed by atoms with Crippen molar-refractivity contribution in [3.8, 4) is 0 Å². The molecule has 0 aromatic heterocycles. The van der Waals surface area contributed by atoms with Gasteiger partial charge in [0.2, 0.25) is 0 Å². The van der Waals surface area contributed by atoms with Crippen molar-refractivity contribution in [2.45, 2.75) is 46.5 Å². The molecule has 12 heavy (non-hydrogen) atoms. The summed E-state index contributed by atoms with van der Waals surface area (Å²) in [6.07, 6.45) is 8.86. The first-order chi connectivity index (χ1) is 5.27. The molecule has 0 nitrogen and oxygen atoms in total. The molecule has 1 unspecified atom stereocenters. The second-order valence-electron chi connectivity index (χ2n) is 3.76. The van der Waals surface area contributed by atoms with Crippen LogP contribution < -0.4 is 24.0 Å². The number of rotatable bonds is 7. The minimum absolute atomic E-state index is 0. The van der Waals surface area contributed by atoms with E-state index in [1.54, 1.807) is 6.16 Å². The summed E-state index contributed by atoms with van der Waals surface area (Å²) >= 11 is 0. The van der Waals surface area contributed by atoms with Crippen molar-refractivity contribution in [3.05, 3.63) is 0 Å². The van der Waals surface area contributed by atoms with Crippen LogP contribution in [0.2, 0.25) is 0 Å². The lowest BCUT2D eigenvalue weighted by atomic mass is 10.1. The summed E-state index contributed by atoms with van der Waals surface area (Å²) in [5, 5.41) is 0. The Hall–Kier alpha value is 1.16. The van der Waals surface area contributed by atoms with Gasteiger partial charge < -0.3 is 24.0 Å². The summed E-state index contributed by atoms with van der Waals surface area (Å²) in [6.45, 7) is 6.93. The highest BCUT2D eigenvalue weighted by Crippen LogP contribution is 2.15. The van der Waals surface area contributed by atoms with Crippen LogP contribution in [0.1, 0.15) is 46.5 Å². The van der Waals surface area contributed by atoms with Gasteiger partial charge in [0.25, 0.3) is 0 Å². The fourth-order valence-electron chi connectivity index (χ4n) is 1.19. The summed E-state index contributed by atoms with van der Waals surface area (Å²) in [6, 6.07) is 0. The Labute approximate surface area is 97.1 Å². The first kappa shape index (κ1) is 15.6. The Kier molecular flexibility index (Phi) is 15.8. The van der Waals surface area contributed by atoms with Gasteiger partial charge in [0, 0.05) is 0 Å².